The number of imidazole rings is 1. The van der Waals surface area contributed by atoms with Crippen LogP contribution in [-0.4, -0.2) is 14.7 Å². The molecule has 0 aliphatic carbocycles. The van der Waals surface area contributed by atoms with Crippen LogP contribution in [0.3, 0.4) is 0 Å². The Morgan fingerprint density at radius 2 is 2.05 bits per heavy atom. The minimum Gasteiger partial charge on any atom is -0.297 e. The highest BCUT2D eigenvalue weighted by atomic mass is 79.9. The number of halogens is 1. The predicted molar refractivity (Wildman–Crippen MR) is 84.2 cm³/mol. The zero-order valence-electron chi connectivity index (χ0n) is 10.5. The topological polar surface area (TPSA) is 17.3 Å². The predicted octanol–water partition coefficient (Wildman–Crippen LogP) is 4.19. The van der Waals surface area contributed by atoms with Crippen LogP contribution in [0.2, 0.25) is 0 Å². The molecular formula is C15H15BrN2S. The Hall–Kier alpha value is -1.13. The molecule has 0 saturated heterocycles. The molecule has 1 atom stereocenters. The number of nitrogens with zero attached hydrogens (tertiary/aromatic N) is 2. The average Bonchev–Trinajstić information content (AvgIpc) is 3.00. The van der Waals surface area contributed by atoms with Gasteiger partial charge >= 0.3 is 0 Å². The summed E-state index contributed by atoms with van der Waals surface area (Å²) in [4.78, 5) is 5.75. The minimum absolute atomic E-state index is 0.590. The van der Waals surface area contributed by atoms with Gasteiger partial charge in [0.05, 0.1) is 5.69 Å². The van der Waals surface area contributed by atoms with Gasteiger partial charge in [-0.2, -0.15) is 0 Å². The highest BCUT2D eigenvalue weighted by Crippen LogP contribution is 2.18. The molecule has 0 bridgehead atoms. The van der Waals surface area contributed by atoms with E-state index < -0.39 is 0 Å². The average molecular weight is 335 g/mol. The second-order valence-corrected chi connectivity index (χ2v) is 6.26. The van der Waals surface area contributed by atoms with Gasteiger partial charge in [0.2, 0.25) is 0 Å². The smallest absolute Gasteiger partial charge is 0.193 e. The van der Waals surface area contributed by atoms with E-state index in [2.05, 4.69) is 73.4 Å². The van der Waals surface area contributed by atoms with E-state index >= 15 is 0 Å². The molecule has 0 spiro atoms. The Labute approximate surface area is 125 Å². The third-order valence-corrected chi connectivity index (χ3v) is 4.91. The van der Waals surface area contributed by atoms with Crippen LogP contribution in [0, 0.1) is 5.92 Å². The van der Waals surface area contributed by atoms with Gasteiger partial charge in [0.15, 0.2) is 4.96 Å². The van der Waals surface area contributed by atoms with Crippen LogP contribution >= 0.6 is 27.3 Å². The van der Waals surface area contributed by atoms with Crippen LogP contribution in [0.1, 0.15) is 11.3 Å². The molecule has 2 heterocycles. The number of aromatic nitrogens is 2. The van der Waals surface area contributed by atoms with Crippen molar-refractivity contribution in [1.82, 2.24) is 9.38 Å². The van der Waals surface area contributed by atoms with Crippen molar-refractivity contribution in [3.8, 4) is 0 Å². The van der Waals surface area contributed by atoms with Gasteiger partial charge in [-0.15, -0.1) is 11.3 Å². The number of benzene rings is 1. The number of hydrogen-bond donors (Lipinski definition) is 0. The molecule has 0 radical (unpaired) electrons. The van der Waals surface area contributed by atoms with Crippen molar-refractivity contribution in [2.75, 3.05) is 5.33 Å². The van der Waals surface area contributed by atoms with E-state index in [9.17, 15) is 0 Å². The lowest BCUT2D eigenvalue weighted by Gasteiger charge is -2.12. The van der Waals surface area contributed by atoms with Crippen molar-refractivity contribution in [3.63, 3.8) is 0 Å². The first kappa shape index (κ1) is 12.9. The summed E-state index contributed by atoms with van der Waals surface area (Å²) in [6, 6.07) is 10.7. The first-order chi connectivity index (χ1) is 9.35. The van der Waals surface area contributed by atoms with Crippen LogP contribution in [-0.2, 0) is 12.8 Å². The Kier molecular flexibility index (Phi) is 3.99. The fourth-order valence-corrected chi connectivity index (χ4v) is 3.48. The zero-order valence-corrected chi connectivity index (χ0v) is 12.9. The van der Waals surface area contributed by atoms with Gasteiger partial charge in [-0.25, -0.2) is 4.98 Å². The number of fused-ring (bicyclic) bond motifs is 1. The third kappa shape index (κ3) is 3.07. The van der Waals surface area contributed by atoms with Crippen molar-refractivity contribution in [2.24, 2.45) is 5.92 Å². The van der Waals surface area contributed by atoms with E-state index in [1.807, 2.05) is 0 Å². The molecule has 2 nitrogen and oxygen atoms in total. The molecule has 1 aromatic carbocycles. The first-order valence-corrected chi connectivity index (χ1v) is 8.36. The summed E-state index contributed by atoms with van der Waals surface area (Å²) in [6.07, 6.45) is 6.33. The molecule has 98 valence electrons. The summed E-state index contributed by atoms with van der Waals surface area (Å²) in [5, 5.41) is 3.07. The van der Waals surface area contributed by atoms with Gasteiger partial charge in [0.1, 0.15) is 0 Å². The van der Waals surface area contributed by atoms with Crippen molar-refractivity contribution in [2.45, 2.75) is 12.8 Å². The molecule has 3 rings (SSSR count). The fourth-order valence-electron chi connectivity index (χ4n) is 2.30. The SMILES string of the molecule is BrCC(Cc1ccccc1)Cc1cn2ccsc2n1. The fraction of sp³-hybridized carbons (Fsp3) is 0.267. The lowest BCUT2D eigenvalue weighted by Crippen LogP contribution is -2.10. The van der Waals surface area contributed by atoms with Gasteiger partial charge in [-0.1, -0.05) is 46.3 Å². The molecule has 0 aliphatic rings. The summed E-state index contributed by atoms with van der Waals surface area (Å²) < 4.78 is 2.10. The summed E-state index contributed by atoms with van der Waals surface area (Å²) >= 11 is 5.32. The van der Waals surface area contributed by atoms with Gasteiger partial charge in [0, 0.05) is 23.1 Å². The van der Waals surface area contributed by atoms with Crippen LogP contribution in [0.15, 0.2) is 48.1 Å². The van der Waals surface area contributed by atoms with E-state index in [0.717, 1.165) is 23.1 Å². The quantitative estimate of drug-likeness (QED) is 0.639. The summed E-state index contributed by atoms with van der Waals surface area (Å²) in [6.45, 7) is 0. The zero-order chi connectivity index (χ0) is 13.1. The summed E-state index contributed by atoms with van der Waals surface area (Å²) in [5.41, 5.74) is 2.58. The normalized spacial score (nSPS) is 12.9. The monoisotopic (exact) mass is 334 g/mol. The van der Waals surface area contributed by atoms with Crippen LogP contribution in [0.4, 0.5) is 0 Å². The molecule has 0 N–H and O–H groups in total. The molecule has 19 heavy (non-hydrogen) atoms. The second kappa shape index (κ2) is 5.88. The van der Waals surface area contributed by atoms with Gasteiger partial charge in [-0.05, 0) is 24.3 Å². The summed E-state index contributed by atoms with van der Waals surface area (Å²) in [5.74, 6) is 0.590. The molecular weight excluding hydrogens is 320 g/mol. The van der Waals surface area contributed by atoms with Gasteiger partial charge in [-0.3, -0.25) is 4.40 Å². The molecule has 0 amide bonds. The number of alkyl halides is 1. The molecule has 4 heteroatoms. The van der Waals surface area contributed by atoms with Crippen molar-refractivity contribution in [3.05, 3.63) is 59.4 Å². The maximum absolute atomic E-state index is 4.66. The van der Waals surface area contributed by atoms with E-state index in [1.54, 1.807) is 11.3 Å². The Morgan fingerprint density at radius 3 is 2.79 bits per heavy atom. The van der Waals surface area contributed by atoms with Crippen LogP contribution < -0.4 is 0 Å². The summed E-state index contributed by atoms with van der Waals surface area (Å²) in [7, 11) is 0. The van der Waals surface area contributed by atoms with Gasteiger partial charge in [0.25, 0.3) is 0 Å². The number of hydrogen-bond acceptors (Lipinski definition) is 2. The highest BCUT2D eigenvalue weighted by Gasteiger charge is 2.12. The van der Waals surface area contributed by atoms with Crippen molar-refractivity contribution >= 4 is 32.2 Å². The standard InChI is InChI=1S/C15H15BrN2S/c16-10-13(8-12-4-2-1-3-5-12)9-14-11-18-6-7-19-15(18)17-14/h1-7,11,13H,8-10H2. The molecule has 2 aromatic heterocycles. The molecule has 0 aliphatic heterocycles. The van der Waals surface area contributed by atoms with E-state index in [-0.39, 0.29) is 0 Å². The van der Waals surface area contributed by atoms with E-state index in [0.29, 0.717) is 5.92 Å². The maximum Gasteiger partial charge on any atom is 0.193 e. The minimum atomic E-state index is 0.590. The third-order valence-electron chi connectivity index (χ3n) is 3.23. The van der Waals surface area contributed by atoms with E-state index in [1.165, 1.54) is 11.3 Å². The largest absolute Gasteiger partial charge is 0.297 e. The van der Waals surface area contributed by atoms with E-state index in [4.69, 9.17) is 0 Å². The molecule has 0 saturated carbocycles. The van der Waals surface area contributed by atoms with Gasteiger partial charge < -0.3 is 0 Å². The lowest BCUT2D eigenvalue weighted by molar-refractivity contribution is 0.584. The molecule has 0 fully saturated rings. The number of rotatable bonds is 5. The first-order valence-electron chi connectivity index (χ1n) is 6.36. The Balaban J connectivity index is 1.71. The Morgan fingerprint density at radius 1 is 1.21 bits per heavy atom. The van der Waals surface area contributed by atoms with Crippen LogP contribution in [0.25, 0.3) is 4.96 Å². The van der Waals surface area contributed by atoms with Crippen molar-refractivity contribution < 1.29 is 0 Å². The molecule has 1 unspecified atom stereocenters. The lowest BCUT2D eigenvalue weighted by atomic mass is 9.97. The second-order valence-electron chi connectivity index (χ2n) is 4.74. The number of thiazole rings is 1. The maximum atomic E-state index is 4.66. The molecule has 3 aromatic rings. The highest BCUT2D eigenvalue weighted by molar-refractivity contribution is 9.09. The Bertz CT molecular complexity index is 616. The van der Waals surface area contributed by atoms with Crippen LogP contribution in [0.5, 0.6) is 0 Å². The van der Waals surface area contributed by atoms with Crippen molar-refractivity contribution in [1.29, 1.82) is 0 Å².